The first-order chi connectivity index (χ1) is 15.1. The van der Waals surface area contributed by atoms with Gasteiger partial charge >= 0.3 is 5.97 Å². The van der Waals surface area contributed by atoms with Crippen molar-refractivity contribution in [1.82, 2.24) is 15.0 Å². The number of aromatic nitrogens is 2. The van der Waals surface area contributed by atoms with Crippen LogP contribution < -0.4 is 5.32 Å². The van der Waals surface area contributed by atoms with Crippen molar-refractivity contribution in [2.75, 3.05) is 25.0 Å². The highest BCUT2D eigenvalue weighted by molar-refractivity contribution is 5.97. The standard InChI is InChI=1S/C23H32N4O5/c1-6-27(7-2)21(30)16-10-8-11-17(14-16)24-18(28)15-31-20(29)13-9-12-19-25-22(26-32-19)23(3,4)5/h8,10-11,14H,6-7,9,12-13,15H2,1-5H3,(H,24,28). The fourth-order valence-electron chi connectivity index (χ4n) is 2.88. The number of ether oxygens (including phenoxy) is 1. The molecule has 0 fully saturated rings. The predicted molar refractivity (Wildman–Crippen MR) is 119 cm³/mol. The summed E-state index contributed by atoms with van der Waals surface area (Å²) < 4.78 is 10.2. The maximum absolute atomic E-state index is 12.4. The van der Waals surface area contributed by atoms with E-state index in [-0.39, 0.29) is 17.7 Å². The lowest BCUT2D eigenvalue weighted by molar-refractivity contribution is -0.147. The van der Waals surface area contributed by atoms with Crippen LogP contribution in [0.5, 0.6) is 0 Å². The summed E-state index contributed by atoms with van der Waals surface area (Å²) in [6.07, 6.45) is 1.06. The van der Waals surface area contributed by atoms with Gasteiger partial charge in [-0.05, 0) is 38.5 Å². The monoisotopic (exact) mass is 444 g/mol. The molecule has 2 rings (SSSR count). The van der Waals surface area contributed by atoms with Gasteiger partial charge in [-0.3, -0.25) is 14.4 Å². The second-order valence-corrected chi connectivity index (χ2v) is 8.38. The molecule has 1 aromatic carbocycles. The molecule has 0 saturated heterocycles. The van der Waals surface area contributed by atoms with Crippen LogP contribution in [0.3, 0.4) is 0 Å². The number of carbonyl (C=O) groups excluding carboxylic acids is 3. The minimum atomic E-state index is -0.485. The molecule has 32 heavy (non-hydrogen) atoms. The predicted octanol–water partition coefficient (Wildman–Crippen LogP) is 3.35. The molecule has 2 amide bonds. The maximum Gasteiger partial charge on any atom is 0.306 e. The van der Waals surface area contributed by atoms with Crippen LogP contribution in [-0.2, 0) is 26.2 Å². The van der Waals surface area contributed by atoms with Gasteiger partial charge in [0.05, 0.1) is 0 Å². The Labute approximate surface area is 188 Å². The summed E-state index contributed by atoms with van der Waals surface area (Å²) in [6.45, 7) is 10.6. The summed E-state index contributed by atoms with van der Waals surface area (Å²) in [7, 11) is 0. The van der Waals surface area contributed by atoms with Crippen LogP contribution in [0.1, 0.15) is 69.5 Å². The van der Waals surface area contributed by atoms with Crippen molar-refractivity contribution >= 4 is 23.5 Å². The Morgan fingerprint density at radius 2 is 1.88 bits per heavy atom. The summed E-state index contributed by atoms with van der Waals surface area (Å²) in [5.74, 6) is 0.0290. The first-order valence-electron chi connectivity index (χ1n) is 10.8. The molecule has 1 aromatic heterocycles. The average molecular weight is 445 g/mol. The third-order valence-electron chi connectivity index (χ3n) is 4.72. The van der Waals surface area contributed by atoms with Crippen LogP contribution in [0.15, 0.2) is 28.8 Å². The van der Waals surface area contributed by atoms with Gasteiger partial charge < -0.3 is 19.5 Å². The molecule has 0 unspecified atom stereocenters. The number of aryl methyl sites for hydroxylation is 1. The molecule has 9 heteroatoms. The number of esters is 1. The zero-order valence-electron chi connectivity index (χ0n) is 19.4. The van der Waals surface area contributed by atoms with Crippen molar-refractivity contribution in [3.8, 4) is 0 Å². The molecule has 0 spiro atoms. The van der Waals surface area contributed by atoms with Gasteiger partial charge in [-0.1, -0.05) is 32.0 Å². The molecule has 0 aliphatic carbocycles. The Kier molecular flexibility index (Phi) is 8.92. The number of nitrogens with one attached hydrogen (secondary N) is 1. The van der Waals surface area contributed by atoms with Crippen molar-refractivity contribution in [3.05, 3.63) is 41.5 Å². The molecule has 0 saturated carbocycles. The lowest BCUT2D eigenvalue weighted by Crippen LogP contribution is -2.30. The number of amides is 2. The van der Waals surface area contributed by atoms with Gasteiger partial charge in [0.1, 0.15) is 0 Å². The first-order valence-corrected chi connectivity index (χ1v) is 10.8. The smallest absolute Gasteiger partial charge is 0.306 e. The number of nitrogens with zero attached hydrogens (tertiary/aromatic N) is 3. The molecular weight excluding hydrogens is 412 g/mol. The lowest BCUT2D eigenvalue weighted by atomic mass is 9.96. The zero-order valence-corrected chi connectivity index (χ0v) is 19.4. The highest BCUT2D eigenvalue weighted by atomic mass is 16.5. The Hall–Kier alpha value is -3.23. The van der Waals surface area contributed by atoms with Gasteiger partial charge in [0, 0.05) is 42.6 Å². The quantitative estimate of drug-likeness (QED) is 0.559. The van der Waals surface area contributed by atoms with Crippen molar-refractivity contribution in [1.29, 1.82) is 0 Å². The summed E-state index contributed by atoms with van der Waals surface area (Å²) in [5.41, 5.74) is 0.751. The third kappa shape index (κ3) is 7.47. The minimum Gasteiger partial charge on any atom is -0.456 e. The summed E-state index contributed by atoms with van der Waals surface area (Å²) >= 11 is 0. The van der Waals surface area contributed by atoms with Crippen LogP contribution in [0.4, 0.5) is 5.69 Å². The van der Waals surface area contributed by atoms with Gasteiger partial charge in [0.25, 0.3) is 11.8 Å². The Balaban J connectivity index is 1.76. The van der Waals surface area contributed by atoms with Crippen molar-refractivity contribution in [2.45, 2.75) is 59.3 Å². The van der Waals surface area contributed by atoms with Gasteiger partial charge in [0.15, 0.2) is 12.4 Å². The normalized spacial score (nSPS) is 11.2. The SMILES string of the molecule is CCN(CC)C(=O)c1cccc(NC(=O)COC(=O)CCCc2nc(C(C)(C)C)no2)c1. The summed E-state index contributed by atoms with van der Waals surface area (Å²) in [5, 5.41) is 6.59. The molecule has 1 N–H and O–H groups in total. The Bertz CT molecular complexity index is 928. The van der Waals surface area contributed by atoms with E-state index in [1.165, 1.54) is 0 Å². The molecule has 9 nitrogen and oxygen atoms in total. The number of carbonyl (C=O) groups is 3. The molecule has 0 aliphatic rings. The van der Waals surface area contributed by atoms with Crippen molar-refractivity contribution in [3.63, 3.8) is 0 Å². The first kappa shape index (κ1) is 25.0. The van der Waals surface area contributed by atoms with Gasteiger partial charge in [-0.2, -0.15) is 4.98 Å². The van der Waals surface area contributed by atoms with E-state index in [1.54, 1.807) is 29.2 Å². The fourth-order valence-corrected chi connectivity index (χ4v) is 2.88. The van der Waals surface area contributed by atoms with E-state index in [0.29, 0.717) is 48.9 Å². The van der Waals surface area contributed by atoms with Crippen molar-refractivity contribution in [2.24, 2.45) is 0 Å². The molecule has 1 heterocycles. The molecule has 0 radical (unpaired) electrons. The Morgan fingerprint density at radius 3 is 2.50 bits per heavy atom. The average Bonchev–Trinajstić information content (AvgIpc) is 3.23. The third-order valence-corrected chi connectivity index (χ3v) is 4.72. The van der Waals surface area contributed by atoms with E-state index in [4.69, 9.17) is 9.26 Å². The van der Waals surface area contributed by atoms with E-state index in [0.717, 1.165) is 0 Å². The molecule has 0 atom stereocenters. The highest BCUT2D eigenvalue weighted by Gasteiger charge is 2.21. The summed E-state index contributed by atoms with van der Waals surface area (Å²) in [4.78, 5) is 42.5. The van der Waals surface area contributed by atoms with Gasteiger partial charge in [0.2, 0.25) is 5.89 Å². The van der Waals surface area contributed by atoms with Crippen LogP contribution in [0.2, 0.25) is 0 Å². The van der Waals surface area contributed by atoms with Gasteiger partial charge in [-0.15, -0.1) is 0 Å². The number of hydrogen-bond donors (Lipinski definition) is 1. The topological polar surface area (TPSA) is 115 Å². The lowest BCUT2D eigenvalue weighted by Gasteiger charge is -2.19. The summed E-state index contributed by atoms with van der Waals surface area (Å²) in [6, 6.07) is 6.68. The molecule has 174 valence electrons. The Morgan fingerprint density at radius 1 is 1.16 bits per heavy atom. The van der Waals surface area contributed by atoms with E-state index in [9.17, 15) is 14.4 Å². The van der Waals surface area contributed by atoms with Crippen LogP contribution in [-0.4, -0.2) is 52.5 Å². The minimum absolute atomic E-state index is 0.103. The number of hydrogen-bond acceptors (Lipinski definition) is 7. The van der Waals surface area contributed by atoms with Gasteiger partial charge in [-0.25, -0.2) is 0 Å². The maximum atomic E-state index is 12.4. The molecule has 0 bridgehead atoms. The molecular formula is C23H32N4O5. The van der Waals surface area contributed by atoms with Crippen LogP contribution in [0, 0.1) is 0 Å². The van der Waals surface area contributed by atoms with E-state index in [1.807, 2.05) is 34.6 Å². The second-order valence-electron chi connectivity index (χ2n) is 8.38. The fraction of sp³-hybridized carbons (Fsp3) is 0.522. The largest absolute Gasteiger partial charge is 0.456 e. The highest BCUT2D eigenvalue weighted by Crippen LogP contribution is 2.19. The molecule has 0 aliphatic heterocycles. The second kappa shape index (κ2) is 11.4. The zero-order chi connectivity index (χ0) is 23.7. The van der Waals surface area contributed by atoms with Crippen LogP contribution >= 0.6 is 0 Å². The number of anilines is 1. The number of rotatable bonds is 10. The van der Waals surface area contributed by atoms with E-state index in [2.05, 4.69) is 15.5 Å². The van der Waals surface area contributed by atoms with E-state index < -0.39 is 18.5 Å². The number of benzene rings is 1. The van der Waals surface area contributed by atoms with Crippen LogP contribution in [0.25, 0.3) is 0 Å². The van der Waals surface area contributed by atoms with Crippen molar-refractivity contribution < 1.29 is 23.6 Å². The molecule has 2 aromatic rings. The van der Waals surface area contributed by atoms with E-state index >= 15 is 0 Å².